The Morgan fingerprint density at radius 2 is 1.91 bits per heavy atom. The van der Waals surface area contributed by atoms with Gasteiger partial charge in [-0.05, 0) is 44.0 Å². The minimum absolute atomic E-state index is 0.0212. The number of oxazole rings is 1. The number of hydrogen-bond donors (Lipinski definition) is 0. The number of nitrogens with zero attached hydrogens (tertiary/aromatic N) is 2. The maximum atomic E-state index is 12.8. The lowest BCUT2D eigenvalue weighted by Crippen LogP contribution is -2.26. The Kier molecular flexibility index (Phi) is 6.40. The molecule has 4 rings (SSSR count). The molecule has 1 aliphatic heterocycles. The number of aryl methyl sites for hydroxylation is 2. The Hall–Kier alpha value is -3.74. The number of Topliss-reactive ketones (excluding diaryl/α,β-unsaturated/α-hetero) is 1. The number of ketones is 1. The van der Waals surface area contributed by atoms with Crippen LogP contribution in [-0.2, 0) is 27.2 Å². The highest BCUT2D eigenvalue weighted by atomic mass is 16.5. The van der Waals surface area contributed by atoms with E-state index in [2.05, 4.69) is 4.98 Å². The van der Waals surface area contributed by atoms with Crippen molar-refractivity contribution in [3.05, 3.63) is 71.2 Å². The number of aromatic nitrogens is 1. The first-order valence-corrected chi connectivity index (χ1v) is 11.0. The van der Waals surface area contributed by atoms with Gasteiger partial charge < -0.3 is 14.1 Å². The molecule has 0 N–H and O–H groups in total. The molecule has 1 amide bonds. The summed E-state index contributed by atoms with van der Waals surface area (Å²) in [6, 6.07) is 13.1. The molecular weight excluding hydrogens is 420 g/mol. The highest BCUT2D eigenvalue weighted by molar-refractivity contribution is 6.01. The molecule has 1 aromatic heterocycles. The fourth-order valence-corrected chi connectivity index (χ4v) is 3.91. The van der Waals surface area contributed by atoms with E-state index >= 15 is 0 Å². The van der Waals surface area contributed by atoms with Crippen LogP contribution in [-0.4, -0.2) is 35.3 Å². The van der Waals surface area contributed by atoms with Crippen molar-refractivity contribution in [3.8, 4) is 11.3 Å². The van der Waals surface area contributed by atoms with Crippen LogP contribution in [0.3, 0.4) is 0 Å². The first-order valence-electron chi connectivity index (χ1n) is 11.0. The molecular formula is C26H26N2O5. The van der Waals surface area contributed by atoms with Gasteiger partial charge in [0.05, 0.1) is 12.6 Å². The Labute approximate surface area is 192 Å². The van der Waals surface area contributed by atoms with Crippen LogP contribution in [0.2, 0.25) is 0 Å². The van der Waals surface area contributed by atoms with Gasteiger partial charge in [-0.2, -0.15) is 0 Å². The van der Waals surface area contributed by atoms with Crippen molar-refractivity contribution in [1.82, 2.24) is 4.98 Å². The average Bonchev–Trinajstić information content (AvgIpc) is 3.44. The normalized spacial score (nSPS) is 13.5. The molecule has 0 bridgehead atoms. The molecule has 0 fully saturated rings. The Morgan fingerprint density at radius 1 is 1.15 bits per heavy atom. The molecule has 7 heteroatoms. The van der Waals surface area contributed by atoms with Gasteiger partial charge in [0, 0.05) is 36.7 Å². The number of rotatable bonds is 7. The lowest BCUT2D eigenvalue weighted by atomic mass is 10.0. The molecule has 33 heavy (non-hydrogen) atoms. The number of esters is 1. The number of hydrogen-bond acceptors (Lipinski definition) is 6. The summed E-state index contributed by atoms with van der Waals surface area (Å²) in [5.41, 5.74) is 4.32. The molecule has 1 unspecified atom stereocenters. The lowest BCUT2D eigenvalue weighted by Gasteiger charge is -2.16. The van der Waals surface area contributed by atoms with E-state index in [9.17, 15) is 14.4 Å². The minimum atomic E-state index is -0.909. The fraction of sp³-hybridized carbons (Fsp3) is 0.308. The van der Waals surface area contributed by atoms with Crippen LogP contribution in [0.4, 0.5) is 5.69 Å². The first kappa shape index (κ1) is 22.5. The van der Waals surface area contributed by atoms with Crippen molar-refractivity contribution >= 4 is 23.3 Å². The molecule has 1 atom stereocenters. The van der Waals surface area contributed by atoms with E-state index in [1.165, 1.54) is 6.92 Å². The zero-order valence-electron chi connectivity index (χ0n) is 19.0. The van der Waals surface area contributed by atoms with Gasteiger partial charge >= 0.3 is 5.97 Å². The number of carbonyl (C=O) groups excluding carboxylic acids is 3. The molecule has 0 saturated carbocycles. The van der Waals surface area contributed by atoms with Crippen LogP contribution >= 0.6 is 0 Å². The van der Waals surface area contributed by atoms with Crippen molar-refractivity contribution < 1.29 is 23.5 Å². The third-order valence-corrected chi connectivity index (χ3v) is 5.75. The van der Waals surface area contributed by atoms with Crippen molar-refractivity contribution in [1.29, 1.82) is 0 Å². The van der Waals surface area contributed by atoms with Crippen LogP contribution in [0.5, 0.6) is 0 Å². The van der Waals surface area contributed by atoms with E-state index in [4.69, 9.17) is 9.15 Å². The lowest BCUT2D eigenvalue weighted by molar-refractivity contribution is -0.146. The molecule has 0 radical (unpaired) electrons. The third kappa shape index (κ3) is 5.03. The Balaban J connectivity index is 1.31. The zero-order valence-corrected chi connectivity index (χ0v) is 19.0. The fourth-order valence-electron chi connectivity index (χ4n) is 3.91. The monoisotopic (exact) mass is 446 g/mol. The highest BCUT2D eigenvalue weighted by Crippen LogP contribution is 2.29. The highest BCUT2D eigenvalue weighted by Gasteiger charge is 2.25. The summed E-state index contributed by atoms with van der Waals surface area (Å²) in [6.07, 6.45) is 1.77. The van der Waals surface area contributed by atoms with Crippen LogP contribution in [0.25, 0.3) is 11.3 Å². The van der Waals surface area contributed by atoms with E-state index in [0.29, 0.717) is 30.2 Å². The molecule has 0 aliphatic carbocycles. The Bertz CT molecular complexity index is 1200. The van der Waals surface area contributed by atoms with Crippen LogP contribution in [0.15, 0.2) is 53.1 Å². The number of amides is 1. The van der Waals surface area contributed by atoms with E-state index in [0.717, 1.165) is 22.4 Å². The van der Waals surface area contributed by atoms with E-state index < -0.39 is 12.1 Å². The molecule has 0 spiro atoms. The van der Waals surface area contributed by atoms with E-state index in [1.54, 1.807) is 36.2 Å². The topological polar surface area (TPSA) is 89.7 Å². The van der Waals surface area contributed by atoms with E-state index in [-0.39, 0.29) is 24.5 Å². The predicted octanol–water partition coefficient (Wildman–Crippen LogP) is 4.31. The summed E-state index contributed by atoms with van der Waals surface area (Å²) >= 11 is 0. The Morgan fingerprint density at radius 3 is 2.64 bits per heavy atom. The van der Waals surface area contributed by atoms with Gasteiger partial charge in [0.2, 0.25) is 11.7 Å². The van der Waals surface area contributed by atoms with Gasteiger partial charge in [-0.15, -0.1) is 0 Å². The van der Waals surface area contributed by atoms with Crippen LogP contribution < -0.4 is 4.90 Å². The van der Waals surface area contributed by atoms with Gasteiger partial charge in [0.1, 0.15) is 0 Å². The molecule has 2 heterocycles. The number of carbonyl (C=O) groups is 3. The molecule has 7 nitrogen and oxygen atoms in total. The number of ether oxygens (including phenoxy) is 1. The second-order valence-corrected chi connectivity index (χ2v) is 8.24. The number of anilines is 1. The summed E-state index contributed by atoms with van der Waals surface area (Å²) in [7, 11) is 0. The quantitative estimate of drug-likeness (QED) is 0.397. The maximum Gasteiger partial charge on any atom is 0.307 e. The van der Waals surface area contributed by atoms with Crippen molar-refractivity contribution in [2.24, 2.45) is 0 Å². The van der Waals surface area contributed by atoms with Crippen molar-refractivity contribution in [2.75, 3.05) is 11.4 Å². The number of fused-ring (bicyclic) bond motifs is 1. The number of benzene rings is 2. The summed E-state index contributed by atoms with van der Waals surface area (Å²) in [5, 5.41) is 0. The smallest absolute Gasteiger partial charge is 0.307 e. The van der Waals surface area contributed by atoms with Gasteiger partial charge in [0.25, 0.3) is 0 Å². The van der Waals surface area contributed by atoms with E-state index in [1.807, 2.05) is 31.2 Å². The minimum Gasteiger partial charge on any atom is -0.454 e. The van der Waals surface area contributed by atoms with Gasteiger partial charge in [-0.25, -0.2) is 4.98 Å². The molecule has 2 aromatic carbocycles. The standard InChI is InChI=1S/C26H26N2O5/c1-16-4-6-19(7-5-16)23-15-27-24(33-23)10-11-25(30)32-17(2)26(31)21-8-9-22-20(14-21)12-13-28(22)18(3)29/h4-9,14-15,17H,10-13H2,1-3H3. The van der Waals surface area contributed by atoms with Crippen LogP contribution in [0, 0.1) is 6.92 Å². The molecule has 170 valence electrons. The van der Waals surface area contributed by atoms with Gasteiger partial charge in [-0.1, -0.05) is 29.8 Å². The molecule has 0 saturated heterocycles. The zero-order chi connectivity index (χ0) is 23.5. The average molecular weight is 447 g/mol. The second kappa shape index (κ2) is 9.40. The maximum absolute atomic E-state index is 12.8. The summed E-state index contributed by atoms with van der Waals surface area (Å²) in [4.78, 5) is 42.7. The second-order valence-electron chi connectivity index (χ2n) is 8.24. The SMILES string of the molecule is CC(=O)N1CCc2cc(C(=O)C(C)OC(=O)CCc3ncc(-c4ccc(C)cc4)o3)ccc21. The largest absolute Gasteiger partial charge is 0.454 e. The molecule has 3 aromatic rings. The van der Waals surface area contributed by atoms with Crippen LogP contribution in [0.1, 0.15) is 47.6 Å². The van der Waals surface area contributed by atoms with Gasteiger partial charge in [-0.3, -0.25) is 14.4 Å². The summed E-state index contributed by atoms with van der Waals surface area (Å²) < 4.78 is 11.1. The summed E-state index contributed by atoms with van der Waals surface area (Å²) in [6.45, 7) is 5.71. The summed E-state index contributed by atoms with van der Waals surface area (Å²) in [5.74, 6) is 0.296. The predicted molar refractivity (Wildman–Crippen MR) is 123 cm³/mol. The van der Waals surface area contributed by atoms with Crippen molar-refractivity contribution in [3.63, 3.8) is 0 Å². The molecule has 1 aliphatic rings. The van der Waals surface area contributed by atoms with Gasteiger partial charge in [0.15, 0.2) is 17.8 Å². The third-order valence-electron chi connectivity index (χ3n) is 5.75. The first-order chi connectivity index (χ1) is 15.8. The van der Waals surface area contributed by atoms with Crippen molar-refractivity contribution in [2.45, 2.75) is 46.1 Å².